The van der Waals surface area contributed by atoms with Crippen LogP contribution >= 0.6 is 0 Å². The molecule has 2 nitrogen and oxygen atoms in total. The molecule has 2 atom stereocenters. The predicted molar refractivity (Wildman–Crippen MR) is 68.1 cm³/mol. The van der Waals surface area contributed by atoms with Crippen molar-refractivity contribution in [1.82, 2.24) is 4.90 Å². The molecule has 1 aromatic rings. The fourth-order valence-electron chi connectivity index (χ4n) is 2.86. The molecule has 1 heterocycles. The van der Waals surface area contributed by atoms with Gasteiger partial charge in [-0.2, -0.15) is 0 Å². The van der Waals surface area contributed by atoms with Gasteiger partial charge in [-0.1, -0.05) is 18.2 Å². The van der Waals surface area contributed by atoms with E-state index in [1.807, 2.05) is 12.1 Å². The van der Waals surface area contributed by atoms with Crippen molar-refractivity contribution < 1.29 is 4.39 Å². The molecule has 0 bridgehead atoms. The van der Waals surface area contributed by atoms with Crippen LogP contribution in [0.5, 0.6) is 0 Å². The van der Waals surface area contributed by atoms with Crippen molar-refractivity contribution >= 4 is 0 Å². The van der Waals surface area contributed by atoms with Crippen LogP contribution < -0.4 is 5.73 Å². The van der Waals surface area contributed by atoms with Gasteiger partial charge in [0.05, 0.1) is 0 Å². The Morgan fingerprint density at radius 1 is 1.41 bits per heavy atom. The Labute approximate surface area is 103 Å². The average Bonchev–Trinajstić information content (AvgIpc) is 2.73. The van der Waals surface area contributed by atoms with E-state index in [1.165, 1.54) is 0 Å². The van der Waals surface area contributed by atoms with Crippen molar-refractivity contribution in [3.63, 3.8) is 0 Å². The van der Waals surface area contributed by atoms with Crippen LogP contribution in [0.4, 0.5) is 4.39 Å². The minimum Gasteiger partial charge on any atom is -0.330 e. The van der Waals surface area contributed by atoms with Crippen LogP contribution in [-0.4, -0.2) is 24.0 Å². The fraction of sp³-hybridized carbons (Fsp3) is 0.571. The molecule has 17 heavy (non-hydrogen) atoms. The molecule has 0 radical (unpaired) electrons. The van der Waals surface area contributed by atoms with Gasteiger partial charge in [-0.05, 0) is 45.3 Å². The number of hydrogen-bond donors (Lipinski definition) is 1. The van der Waals surface area contributed by atoms with Crippen LogP contribution in [0.25, 0.3) is 0 Å². The summed E-state index contributed by atoms with van der Waals surface area (Å²) in [4.78, 5) is 2.36. The largest absolute Gasteiger partial charge is 0.330 e. The minimum absolute atomic E-state index is 0.108. The first-order valence-corrected chi connectivity index (χ1v) is 6.35. The molecule has 1 aliphatic rings. The second-order valence-corrected chi connectivity index (χ2v) is 5.08. The van der Waals surface area contributed by atoms with Gasteiger partial charge in [0.1, 0.15) is 5.82 Å². The monoisotopic (exact) mass is 236 g/mol. The third-order valence-electron chi connectivity index (χ3n) is 3.75. The van der Waals surface area contributed by atoms with Crippen molar-refractivity contribution in [3.05, 3.63) is 35.6 Å². The lowest BCUT2D eigenvalue weighted by Gasteiger charge is -2.31. The zero-order valence-corrected chi connectivity index (χ0v) is 10.6. The number of hydrogen-bond acceptors (Lipinski definition) is 2. The van der Waals surface area contributed by atoms with Gasteiger partial charge in [-0.15, -0.1) is 0 Å². The van der Waals surface area contributed by atoms with E-state index in [-0.39, 0.29) is 11.9 Å². The maximum atomic E-state index is 13.9. The van der Waals surface area contributed by atoms with Crippen LogP contribution in [0.15, 0.2) is 24.3 Å². The van der Waals surface area contributed by atoms with E-state index in [0.717, 1.165) is 18.5 Å². The number of nitrogens with two attached hydrogens (primary N) is 1. The Balaban J connectivity index is 2.35. The summed E-state index contributed by atoms with van der Waals surface area (Å²) in [5.74, 6) is 0.262. The van der Waals surface area contributed by atoms with Crippen molar-refractivity contribution in [1.29, 1.82) is 0 Å². The molecule has 2 N–H and O–H groups in total. The molecule has 0 saturated carbocycles. The molecule has 0 aliphatic carbocycles. The Hall–Kier alpha value is -0.930. The summed E-state index contributed by atoms with van der Waals surface area (Å²) < 4.78 is 13.9. The molecule has 0 spiro atoms. The highest BCUT2D eigenvalue weighted by molar-refractivity contribution is 5.23. The Morgan fingerprint density at radius 3 is 2.71 bits per heavy atom. The summed E-state index contributed by atoms with van der Waals surface area (Å²) in [5.41, 5.74) is 6.63. The molecular formula is C14H21FN2. The van der Waals surface area contributed by atoms with Gasteiger partial charge in [0.2, 0.25) is 0 Å². The zero-order valence-electron chi connectivity index (χ0n) is 10.6. The maximum absolute atomic E-state index is 13.9. The number of rotatable bonds is 3. The Morgan fingerprint density at radius 2 is 2.12 bits per heavy atom. The number of halogens is 1. The standard InChI is InChI=1S/C14H21FN2/c1-10(2)17-8-7-11(9-16)14(17)12-5-3-4-6-13(12)15/h3-6,10-11,14H,7-9,16H2,1-2H3. The second-order valence-electron chi connectivity index (χ2n) is 5.08. The summed E-state index contributed by atoms with van der Waals surface area (Å²) in [7, 11) is 0. The quantitative estimate of drug-likeness (QED) is 0.874. The van der Waals surface area contributed by atoms with Crippen LogP contribution in [0.3, 0.4) is 0 Å². The molecule has 3 heteroatoms. The highest BCUT2D eigenvalue weighted by Gasteiger charge is 2.36. The summed E-state index contributed by atoms with van der Waals surface area (Å²) >= 11 is 0. The molecule has 0 amide bonds. The normalized spacial score (nSPS) is 25.7. The first-order chi connectivity index (χ1) is 8.15. The topological polar surface area (TPSA) is 29.3 Å². The fourth-order valence-corrected chi connectivity index (χ4v) is 2.86. The Kier molecular flexibility index (Phi) is 3.79. The van der Waals surface area contributed by atoms with Crippen LogP contribution in [0, 0.1) is 11.7 Å². The lowest BCUT2D eigenvalue weighted by molar-refractivity contribution is 0.181. The molecular weight excluding hydrogens is 215 g/mol. The van der Waals surface area contributed by atoms with Crippen LogP contribution in [-0.2, 0) is 0 Å². The predicted octanol–water partition coefficient (Wildman–Crippen LogP) is 2.56. The molecule has 1 saturated heterocycles. The highest BCUT2D eigenvalue weighted by Crippen LogP contribution is 2.38. The van der Waals surface area contributed by atoms with E-state index in [0.29, 0.717) is 18.5 Å². The lowest BCUT2D eigenvalue weighted by Crippen LogP contribution is -2.33. The summed E-state index contributed by atoms with van der Waals surface area (Å²) in [6.45, 7) is 5.96. The molecule has 1 fully saturated rings. The van der Waals surface area contributed by atoms with E-state index in [1.54, 1.807) is 12.1 Å². The van der Waals surface area contributed by atoms with Crippen LogP contribution in [0.2, 0.25) is 0 Å². The first-order valence-electron chi connectivity index (χ1n) is 6.35. The summed E-state index contributed by atoms with van der Waals surface area (Å²) in [6, 6.07) is 7.65. The average molecular weight is 236 g/mol. The van der Waals surface area contributed by atoms with Gasteiger partial charge in [-0.25, -0.2) is 4.39 Å². The third-order valence-corrected chi connectivity index (χ3v) is 3.75. The number of likely N-dealkylation sites (tertiary alicyclic amines) is 1. The maximum Gasteiger partial charge on any atom is 0.127 e. The molecule has 1 aromatic carbocycles. The molecule has 1 aliphatic heterocycles. The zero-order chi connectivity index (χ0) is 12.4. The van der Waals surface area contributed by atoms with Gasteiger partial charge in [-0.3, -0.25) is 4.90 Å². The van der Waals surface area contributed by atoms with E-state index < -0.39 is 0 Å². The van der Waals surface area contributed by atoms with Crippen molar-refractivity contribution in [3.8, 4) is 0 Å². The first kappa shape index (κ1) is 12.5. The highest BCUT2D eigenvalue weighted by atomic mass is 19.1. The van der Waals surface area contributed by atoms with Crippen molar-refractivity contribution in [2.45, 2.75) is 32.4 Å². The van der Waals surface area contributed by atoms with Gasteiger partial charge in [0.15, 0.2) is 0 Å². The minimum atomic E-state index is -0.108. The number of benzene rings is 1. The van der Waals surface area contributed by atoms with Gasteiger partial charge >= 0.3 is 0 Å². The van der Waals surface area contributed by atoms with Crippen molar-refractivity contribution in [2.75, 3.05) is 13.1 Å². The van der Waals surface area contributed by atoms with E-state index in [4.69, 9.17) is 5.73 Å². The van der Waals surface area contributed by atoms with E-state index in [9.17, 15) is 4.39 Å². The second kappa shape index (κ2) is 5.15. The summed E-state index contributed by atoms with van der Waals surface area (Å²) in [5, 5.41) is 0. The summed E-state index contributed by atoms with van der Waals surface area (Å²) in [6.07, 6.45) is 1.06. The third kappa shape index (κ3) is 2.35. The van der Waals surface area contributed by atoms with Gasteiger partial charge < -0.3 is 5.73 Å². The van der Waals surface area contributed by atoms with E-state index in [2.05, 4.69) is 18.7 Å². The number of nitrogens with zero attached hydrogens (tertiary/aromatic N) is 1. The van der Waals surface area contributed by atoms with Crippen molar-refractivity contribution in [2.24, 2.45) is 11.7 Å². The molecule has 94 valence electrons. The molecule has 0 aromatic heterocycles. The van der Waals surface area contributed by atoms with E-state index >= 15 is 0 Å². The van der Waals surface area contributed by atoms with Gasteiger partial charge in [0.25, 0.3) is 0 Å². The smallest absolute Gasteiger partial charge is 0.127 e. The van der Waals surface area contributed by atoms with Crippen LogP contribution in [0.1, 0.15) is 31.9 Å². The molecule has 2 rings (SSSR count). The van der Waals surface area contributed by atoms with Gasteiger partial charge in [0, 0.05) is 17.6 Å². The SMILES string of the molecule is CC(C)N1CCC(CN)C1c1ccccc1F. The lowest BCUT2D eigenvalue weighted by atomic mass is 9.93. The molecule has 2 unspecified atom stereocenters. The Bertz CT molecular complexity index is 378.